The molecule has 0 saturated heterocycles. The summed E-state index contributed by atoms with van der Waals surface area (Å²) in [5, 5.41) is 6.02. The minimum Gasteiger partial charge on any atom is -0.496 e. The number of sulfone groups is 1. The molecule has 1 unspecified atom stereocenters. The van der Waals surface area contributed by atoms with Crippen molar-refractivity contribution in [2.75, 3.05) is 36.0 Å². The molecule has 0 radical (unpaired) electrons. The summed E-state index contributed by atoms with van der Waals surface area (Å²) in [6.07, 6.45) is 0.968. The van der Waals surface area contributed by atoms with Gasteiger partial charge in [-0.3, -0.25) is 14.4 Å². The average Bonchev–Trinajstić information content (AvgIpc) is 2.91. The number of nitrogens with zero attached hydrogens (tertiary/aromatic N) is 2. The lowest BCUT2D eigenvalue weighted by Crippen LogP contribution is -2.60. The first-order valence-electron chi connectivity index (χ1n) is 11.6. The van der Waals surface area contributed by atoms with Gasteiger partial charge in [0.15, 0.2) is 9.84 Å². The van der Waals surface area contributed by atoms with Gasteiger partial charge in [0.2, 0.25) is 11.8 Å². The van der Waals surface area contributed by atoms with E-state index in [-0.39, 0.29) is 6.54 Å². The molecule has 1 aliphatic heterocycles. The summed E-state index contributed by atoms with van der Waals surface area (Å²) in [6, 6.07) is 9.03. The zero-order chi connectivity index (χ0) is 27.5. The Bertz CT molecular complexity index is 1300. The Hall–Kier alpha value is -3.15. The van der Waals surface area contributed by atoms with E-state index < -0.39 is 51.4 Å². The maximum atomic E-state index is 14.1. The number of amides is 3. The quantitative estimate of drug-likeness (QED) is 0.513. The van der Waals surface area contributed by atoms with Gasteiger partial charge in [-0.1, -0.05) is 23.7 Å². The number of anilines is 2. The van der Waals surface area contributed by atoms with Crippen molar-refractivity contribution in [1.82, 2.24) is 10.6 Å². The maximum Gasteiger partial charge on any atom is 0.252 e. The molecule has 2 N–H and O–H groups in total. The Morgan fingerprint density at radius 1 is 1.16 bits per heavy atom. The molecule has 3 amide bonds. The molecule has 0 aliphatic carbocycles. The highest BCUT2D eigenvalue weighted by Gasteiger charge is 2.42. The summed E-state index contributed by atoms with van der Waals surface area (Å²) in [7, 11) is -0.566. The van der Waals surface area contributed by atoms with Crippen LogP contribution in [0.4, 0.5) is 11.4 Å². The topological polar surface area (TPSA) is 125 Å². The van der Waals surface area contributed by atoms with Crippen LogP contribution in [0.5, 0.6) is 5.75 Å². The highest BCUT2D eigenvalue weighted by Crippen LogP contribution is 2.37. The number of carbonyl (C=O) groups is 3. The highest BCUT2D eigenvalue weighted by molar-refractivity contribution is 7.91. The van der Waals surface area contributed by atoms with Crippen LogP contribution in [0.3, 0.4) is 0 Å². The van der Waals surface area contributed by atoms with Crippen molar-refractivity contribution in [1.29, 1.82) is 0 Å². The molecule has 3 rings (SSSR count). The molecule has 2 aromatic rings. The minimum absolute atomic E-state index is 0.0222. The zero-order valence-corrected chi connectivity index (χ0v) is 22.9. The van der Waals surface area contributed by atoms with Crippen LogP contribution in [-0.4, -0.2) is 70.4 Å². The Balaban J connectivity index is 2.19. The van der Waals surface area contributed by atoms with Gasteiger partial charge in [0.25, 0.3) is 5.91 Å². The molecule has 0 spiro atoms. The minimum atomic E-state index is -3.68. The predicted molar refractivity (Wildman–Crippen MR) is 143 cm³/mol. The molecule has 10 nitrogen and oxygen atoms in total. The number of rotatable bonds is 8. The first-order chi connectivity index (χ1) is 17.4. The first-order valence-corrected chi connectivity index (χ1v) is 14.0. The van der Waals surface area contributed by atoms with Gasteiger partial charge in [-0.05, 0) is 51.2 Å². The molecule has 0 bridgehead atoms. The van der Waals surface area contributed by atoms with Gasteiger partial charge in [-0.15, -0.1) is 0 Å². The summed E-state index contributed by atoms with van der Waals surface area (Å²) >= 11 is 6.23. The molecule has 2 aromatic carbocycles. The van der Waals surface area contributed by atoms with Crippen LogP contribution in [0.15, 0.2) is 42.5 Å². The summed E-state index contributed by atoms with van der Waals surface area (Å²) in [6.45, 7) is 3.26. The van der Waals surface area contributed by atoms with Crippen molar-refractivity contribution in [2.24, 2.45) is 0 Å². The molecule has 1 heterocycles. The Morgan fingerprint density at radius 3 is 2.41 bits per heavy atom. The van der Waals surface area contributed by atoms with E-state index >= 15 is 0 Å². The normalized spacial score (nSPS) is 18.6. The van der Waals surface area contributed by atoms with Crippen LogP contribution in [0, 0.1) is 0 Å². The molecule has 12 heteroatoms. The van der Waals surface area contributed by atoms with E-state index in [1.807, 2.05) is 0 Å². The number of benzene rings is 2. The SMILES string of the molecule is CNC(C)C(=O)N[C@@H]1C(=O)N(Cc2cc(Cl)ccc2OC)c2ccccc2N(C(=O)CS(C)(=O)=O)[C@H]1C. The molecular formula is C25H31ClN4O6S. The Labute approximate surface area is 221 Å². The fourth-order valence-electron chi connectivity index (χ4n) is 4.21. The smallest absolute Gasteiger partial charge is 0.252 e. The van der Waals surface area contributed by atoms with Crippen LogP contribution in [0.25, 0.3) is 0 Å². The number of nitrogens with one attached hydrogen (secondary N) is 2. The van der Waals surface area contributed by atoms with Gasteiger partial charge in [-0.2, -0.15) is 0 Å². The Morgan fingerprint density at radius 2 is 1.81 bits per heavy atom. The number of carbonyl (C=O) groups excluding carboxylic acids is 3. The number of halogens is 1. The third kappa shape index (κ3) is 6.41. The second-order valence-electron chi connectivity index (χ2n) is 8.94. The van der Waals surface area contributed by atoms with E-state index in [0.29, 0.717) is 27.7 Å². The summed E-state index contributed by atoms with van der Waals surface area (Å²) in [5.41, 5.74) is 1.33. The maximum absolute atomic E-state index is 14.1. The molecule has 0 fully saturated rings. The monoisotopic (exact) mass is 550 g/mol. The first kappa shape index (κ1) is 28.4. The highest BCUT2D eigenvalue weighted by atomic mass is 35.5. The largest absolute Gasteiger partial charge is 0.496 e. The summed E-state index contributed by atoms with van der Waals surface area (Å²) < 4.78 is 29.5. The van der Waals surface area contributed by atoms with Crippen LogP contribution in [0.1, 0.15) is 19.4 Å². The van der Waals surface area contributed by atoms with Crippen molar-refractivity contribution in [2.45, 2.75) is 38.5 Å². The lowest BCUT2D eigenvalue weighted by Gasteiger charge is -2.32. The molecular weight excluding hydrogens is 520 g/mol. The molecule has 3 atom stereocenters. The second kappa shape index (κ2) is 11.5. The van der Waals surface area contributed by atoms with Gasteiger partial charge >= 0.3 is 0 Å². The summed E-state index contributed by atoms with van der Waals surface area (Å²) in [4.78, 5) is 43.0. The predicted octanol–water partition coefficient (Wildman–Crippen LogP) is 1.75. The average molecular weight is 551 g/mol. The van der Waals surface area contributed by atoms with Crippen LogP contribution in [0.2, 0.25) is 5.02 Å². The number of hydrogen-bond donors (Lipinski definition) is 2. The molecule has 1 aliphatic rings. The van der Waals surface area contributed by atoms with Crippen molar-refractivity contribution in [3.8, 4) is 5.75 Å². The fourth-order valence-corrected chi connectivity index (χ4v) is 4.99. The van der Waals surface area contributed by atoms with Crippen LogP contribution >= 0.6 is 11.6 Å². The summed E-state index contributed by atoms with van der Waals surface area (Å²) in [5.74, 6) is -1.89. The van der Waals surface area contributed by atoms with Crippen molar-refractivity contribution in [3.05, 3.63) is 53.1 Å². The number of ether oxygens (including phenoxy) is 1. The van der Waals surface area contributed by atoms with Gasteiger partial charge in [0.05, 0.1) is 37.1 Å². The standard InChI is InChI=1S/C25H31ClN4O6S/c1-15(27-3)24(32)28-23-16(2)30(22(31)14-37(5,34)35)20-9-7-6-8-19(20)29(25(23)33)13-17-12-18(26)10-11-21(17)36-4/h6-12,15-16,23,27H,13-14H2,1-5H3,(H,28,32)/t15?,16-,23-/m0/s1. The lowest BCUT2D eigenvalue weighted by molar-refractivity contribution is -0.129. The number of hydrogen-bond acceptors (Lipinski definition) is 7. The fraction of sp³-hybridized carbons (Fsp3) is 0.400. The van der Waals surface area contributed by atoms with E-state index in [1.165, 1.54) is 16.9 Å². The zero-order valence-electron chi connectivity index (χ0n) is 21.3. The van der Waals surface area contributed by atoms with E-state index in [4.69, 9.17) is 16.3 Å². The van der Waals surface area contributed by atoms with E-state index in [9.17, 15) is 22.8 Å². The van der Waals surface area contributed by atoms with Crippen molar-refractivity contribution < 1.29 is 27.5 Å². The van der Waals surface area contributed by atoms with Crippen molar-refractivity contribution in [3.63, 3.8) is 0 Å². The Kier molecular flexibility index (Phi) is 8.83. The third-order valence-electron chi connectivity index (χ3n) is 6.20. The van der Waals surface area contributed by atoms with E-state index in [1.54, 1.807) is 63.4 Å². The van der Waals surface area contributed by atoms with Crippen LogP contribution in [-0.2, 0) is 30.8 Å². The molecule has 0 aromatic heterocycles. The number of methoxy groups -OCH3 is 1. The molecule has 0 saturated carbocycles. The van der Waals surface area contributed by atoms with E-state index in [2.05, 4.69) is 10.6 Å². The lowest BCUT2D eigenvalue weighted by atomic mass is 10.1. The van der Waals surface area contributed by atoms with Crippen molar-refractivity contribution >= 4 is 50.5 Å². The van der Waals surface area contributed by atoms with Gasteiger partial charge < -0.3 is 25.2 Å². The number of likely N-dealkylation sites (N-methyl/N-ethyl adjacent to an activating group) is 1. The number of para-hydroxylation sites is 2. The second-order valence-corrected chi connectivity index (χ2v) is 11.5. The van der Waals surface area contributed by atoms with Crippen LogP contribution < -0.4 is 25.2 Å². The van der Waals surface area contributed by atoms with Gasteiger partial charge in [0.1, 0.15) is 17.5 Å². The molecule has 200 valence electrons. The van der Waals surface area contributed by atoms with Gasteiger partial charge in [-0.25, -0.2) is 8.42 Å². The number of fused-ring (bicyclic) bond motifs is 1. The van der Waals surface area contributed by atoms with Gasteiger partial charge in [0, 0.05) is 16.8 Å². The third-order valence-corrected chi connectivity index (χ3v) is 7.21. The van der Waals surface area contributed by atoms with E-state index in [0.717, 1.165) is 6.26 Å². The molecule has 37 heavy (non-hydrogen) atoms.